The van der Waals surface area contributed by atoms with Crippen LogP contribution in [0.1, 0.15) is 27.2 Å². The van der Waals surface area contributed by atoms with E-state index >= 15 is 0 Å². The van der Waals surface area contributed by atoms with Crippen LogP contribution in [0.2, 0.25) is 0 Å². The standard InChI is InChI=1S/C20H24N4O2/c1-15-3-4-18(16(2)13-15)24-7-5-17(14-21)19(24)20(25)22-6-8-23-9-11-26-12-10-23/h3-5,7,13H,6,8-12H2,1-2H3,(H,22,25). The van der Waals surface area contributed by atoms with Gasteiger partial charge in [-0.2, -0.15) is 5.26 Å². The Kier molecular flexibility index (Phi) is 5.71. The quantitative estimate of drug-likeness (QED) is 0.894. The summed E-state index contributed by atoms with van der Waals surface area (Å²) in [6.07, 6.45) is 1.78. The Morgan fingerprint density at radius 3 is 2.73 bits per heavy atom. The maximum absolute atomic E-state index is 12.8. The van der Waals surface area contributed by atoms with Crippen molar-refractivity contribution < 1.29 is 9.53 Å². The number of nitriles is 1. The minimum Gasteiger partial charge on any atom is -0.379 e. The molecule has 0 atom stereocenters. The van der Waals surface area contributed by atoms with Gasteiger partial charge in [0.2, 0.25) is 0 Å². The number of morpholine rings is 1. The summed E-state index contributed by atoms with van der Waals surface area (Å²) >= 11 is 0. The monoisotopic (exact) mass is 352 g/mol. The van der Waals surface area contributed by atoms with E-state index < -0.39 is 0 Å². The van der Waals surface area contributed by atoms with Gasteiger partial charge in [0, 0.05) is 38.1 Å². The minimum absolute atomic E-state index is 0.222. The Bertz CT molecular complexity index is 829. The van der Waals surface area contributed by atoms with Crippen LogP contribution in [0, 0.1) is 25.2 Å². The lowest BCUT2D eigenvalue weighted by atomic mass is 10.1. The summed E-state index contributed by atoms with van der Waals surface area (Å²) in [5.74, 6) is -0.222. The molecule has 3 rings (SSSR count). The van der Waals surface area contributed by atoms with E-state index in [4.69, 9.17) is 4.74 Å². The van der Waals surface area contributed by atoms with Crippen molar-refractivity contribution in [1.82, 2.24) is 14.8 Å². The van der Waals surface area contributed by atoms with Crippen molar-refractivity contribution in [2.75, 3.05) is 39.4 Å². The molecule has 0 radical (unpaired) electrons. The van der Waals surface area contributed by atoms with Gasteiger partial charge in [-0.25, -0.2) is 0 Å². The molecule has 0 bridgehead atoms. The zero-order chi connectivity index (χ0) is 18.5. The zero-order valence-corrected chi connectivity index (χ0v) is 15.3. The number of ether oxygens (including phenoxy) is 1. The predicted octanol–water partition coefficient (Wildman–Crippen LogP) is 2.03. The van der Waals surface area contributed by atoms with E-state index in [0.717, 1.165) is 49.7 Å². The van der Waals surface area contributed by atoms with Crippen molar-refractivity contribution in [3.05, 3.63) is 52.8 Å². The highest BCUT2D eigenvalue weighted by Crippen LogP contribution is 2.21. The van der Waals surface area contributed by atoms with Gasteiger partial charge >= 0.3 is 0 Å². The van der Waals surface area contributed by atoms with Gasteiger partial charge in [-0.3, -0.25) is 9.69 Å². The van der Waals surface area contributed by atoms with Crippen LogP contribution >= 0.6 is 0 Å². The topological polar surface area (TPSA) is 70.3 Å². The van der Waals surface area contributed by atoms with Gasteiger partial charge in [-0.05, 0) is 31.5 Å². The van der Waals surface area contributed by atoms with Crippen LogP contribution in [0.3, 0.4) is 0 Å². The fourth-order valence-corrected chi connectivity index (χ4v) is 3.27. The Labute approximate surface area is 154 Å². The number of rotatable bonds is 5. The molecule has 0 saturated carbocycles. The predicted molar refractivity (Wildman–Crippen MR) is 99.6 cm³/mol. The minimum atomic E-state index is -0.222. The molecule has 1 aliphatic heterocycles. The number of aromatic nitrogens is 1. The molecule has 1 amide bonds. The molecule has 1 aliphatic rings. The zero-order valence-electron chi connectivity index (χ0n) is 15.3. The molecule has 0 aliphatic carbocycles. The molecule has 136 valence electrons. The summed E-state index contributed by atoms with van der Waals surface area (Å²) in [6, 6.07) is 9.88. The highest BCUT2D eigenvalue weighted by molar-refractivity contribution is 5.96. The van der Waals surface area contributed by atoms with E-state index in [2.05, 4.69) is 22.4 Å². The van der Waals surface area contributed by atoms with Crippen LogP contribution in [0.25, 0.3) is 5.69 Å². The lowest BCUT2D eigenvalue weighted by Gasteiger charge is -2.26. The first-order valence-electron chi connectivity index (χ1n) is 8.87. The van der Waals surface area contributed by atoms with Crippen molar-refractivity contribution in [2.45, 2.75) is 13.8 Å². The molecule has 6 heteroatoms. The second-order valence-electron chi connectivity index (χ2n) is 6.56. The molecule has 1 fully saturated rings. The maximum atomic E-state index is 12.8. The van der Waals surface area contributed by atoms with E-state index in [1.165, 1.54) is 0 Å². The molecule has 0 unspecified atom stereocenters. The molecule has 6 nitrogen and oxygen atoms in total. The average Bonchev–Trinajstić information content (AvgIpc) is 3.06. The van der Waals surface area contributed by atoms with E-state index in [0.29, 0.717) is 17.8 Å². The van der Waals surface area contributed by atoms with Gasteiger partial charge < -0.3 is 14.6 Å². The number of hydrogen-bond donors (Lipinski definition) is 1. The molecular weight excluding hydrogens is 328 g/mol. The SMILES string of the molecule is Cc1ccc(-n2ccc(C#N)c2C(=O)NCCN2CCOCC2)c(C)c1. The molecule has 2 heterocycles. The molecule has 1 aromatic heterocycles. The normalized spacial score (nSPS) is 14.8. The number of benzene rings is 1. The average molecular weight is 352 g/mol. The van der Waals surface area contributed by atoms with Crippen LogP contribution in [0.5, 0.6) is 0 Å². The first-order chi connectivity index (χ1) is 12.6. The van der Waals surface area contributed by atoms with Gasteiger partial charge in [0.1, 0.15) is 11.8 Å². The van der Waals surface area contributed by atoms with E-state index in [9.17, 15) is 10.1 Å². The molecule has 26 heavy (non-hydrogen) atoms. The molecule has 1 saturated heterocycles. The molecule has 1 aromatic carbocycles. The van der Waals surface area contributed by atoms with Crippen LogP contribution in [-0.4, -0.2) is 54.8 Å². The third-order valence-electron chi connectivity index (χ3n) is 4.65. The lowest BCUT2D eigenvalue weighted by Crippen LogP contribution is -2.41. The van der Waals surface area contributed by atoms with Crippen molar-refractivity contribution in [3.8, 4) is 11.8 Å². The fraction of sp³-hybridized carbons (Fsp3) is 0.400. The van der Waals surface area contributed by atoms with Gasteiger partial charge in [0.15, 0.2) is 0 Å². The van der Waals surface area contributed by atoms with Crippen molar-refractivity contribution in [2.24, 2.45) is 0 Å². The second-order valence-corrected chi connectivity index (χ2v) is 6.56. The number of nitrogens with one attached hydrogen (secondary N) is 1. The van der Waals surface area contributed by atoms with Crippen molar-refractivity contribution in [3.63, 3.8) is 0 Å². The first kappa shape index (κ1) is 18.2. The second kappa shape index (κ2) is 8.17. The van der Waals surface area contributed by atoms with Crippen LogP contribution in [0.15, 0.2) is 30.5 Å². The number of hydrogen-bond acceptors (Lipinski definition) is 4. The number of carbonyl (C=O) groups is 1. The van der Waals surface area contributed by atoms with Crippen molar-refractivity contribution in [1.29, 1.82) is 5.26 Å². The fourth-order valence-electron chi connectivity index (χ4n) is 3.27. The lowest BCUT2D eigenvalue weighted by molar-refractivity contribution is 0.0383. The summed E-state index contributed by atoms with van der Waals surface area (Å²) in [5, 5.41) is 12.4. The van der Waals surface area contributed by atoms with Crippen molar-refractivity contribution >= 4 is 5.91 Å². The van der Waals surface area contributed by atoms with E-state index in [1.807, 2.05) is 26.0 Å². The van der Waals surface area contributed by atoms with E-state index in [1.54, 1.807) is 16.8 Å². The third-order valence-corrected chi connectivity index (χ3v) is 4.65. The number of aryl methyl sites for hydroxylation is 2. The van der Waals surface area contributed by atoms with Crippen LogP contribution < -0.4 is 5.32 Å². The third kappa shape index (κ3) is 3.96. The number of carbonyl (C=O) groups excluding carboxylic acids is 1. The largest absolute Gasteiger partial charge is 0.379 e. The summed E-state index contributed by atoms with van der Waals surface area (Å²) in [4.78, 5) is 15.0. The van der Waals surface area contributed by atoms with Gasteiger partial charge in [-0.1, -0.05) is 17.7 Å². The Hall–Kier alpha value is -2.62. The Balaban J connectivity index is 1.76. The molecular formula is C20H24N4O2. The highest BCUT2D eigenvalue weighted by Gasteiger charge is 2.19. The van der Waals surface area contributed by atoms with Crippen LogP contribution in [0.4, 0.5) is 0 Å². The van der Waals surface area contributed by atoms with Gasteiger partial charge in [-0.15, -0.1) is 0 Å². The van der Waals surface area contributed by atoms with Gasteiger partial charge in [0.25, 0.3) is 5.91 Å². The smallest absolute Gasteiger partial charge is 0.269 e. The van der Waals surface area contributed by atoms with Crippen LogP contribution in [-0.2, 0) is 4.74 Å². The Morgan fingerprint density at radius 1 is 1.27 bits per heavy atom. The summed E-state index contributed by atoms with van der Waals surface area (Å²) in [6.45, 7) is 8.62. The van der Waals surface area contributed by atoms with Gasteiger partial charge in [0.05, 0.1) is 18.8 Å². The maximum Gasteiger partial charge on any atom is 0.269 e. The molecule has 0 spiro atoms. The summed E-state index contributed by atoms with van der Waals surface area (Å²) in [7, 11) is 0. The number of amides is 1. The van der Waals surface area contributed by atoms with E-state index in [-0.39, 0.29) is 5.91 Å². The summed E-state index contributed by atoms with van der Waals surface area (Å²) in [5.41, 5.74) is 3.91. The Morgan fingerprint density at radius 2 is 2.04 bits per heavy atom. The first-order valence-corrected chi connectivity index (χ1v) is 8.87. The summed E-state index contributed by atoms with van der Waals surface area (Å²) < 4.78 is 7.14. The molecule has 2 aromatic rings. The number of nitrogens with zero attached hydrogens (tertiary/aromatic N) is 3. The highest BCUT2D eigenvalue weighted by atomic mass is 16.5. The molecule has 1 N–H and O–H groups in total.